The molecule has 0 spiro atoms. The van der Waals surface area contributed by atoms with Gasteiger partial charge in [0, 0.05) is 12.3 Å². The van der Waals surface area contributed by atoms with Gasteiger partial charge in [-0.1, -0.05) is 18.2 Å². The summed E-state index contributed by atoms with van der Waals surface area (Å²) < 4.78 is 2.26. The molecule has 0 amide bonds. The van der Waals surface area contributed by atoms with Crippen molar-refractivity contribution >= 4 is 17.0 Å². The minimum absolute atomic E-state index is 0.296. The molecular formula is C10H7ClN2O2. The van der Waals surface area contributed by atoms with Gasteiger partial charge in [0.15, 0.2) is 0 Å². The molecule has 0 atom stereocenters. The Morgan fingerprint density at radius 1 is 1.13 bits per heavy atom. The predicted octanol–water partition coefficient (Wildman–Crippen LogP) is 1.85. The Hall–Kier alpha value is -1.81. The molecule has 76 valence electrons. The van der Waals surface area contributed by atoms with Crippen LogP contribution in [-0.4, -0.2) is 14.7 Å². The fourth-order valence-electron chi connectivity index (χ4n) is 1.34. The number of nitrogens with zero attached hydrogens (tertiary/aromatic N) is 2. The van der Waals surface area contributed by atoms with Gasteiger partial charge in [0.2, 0.25) is 0 Å². The monoisotopic (exact) mass is 222 g/mol. The largest absolute Gasteiger partial charge is 0.339 e. The number of rotatable bonds is 1. The molecule has 0 unspecified atom stereocenters. The lowest BCUT2D eigenvalue weighted by atomic mass is 10.3. The third-order valence-electron chi connectivity index (χ3n) is 1.96. The van der Waals surface area contributed by atoms with Crippen LogP contribution in [0.2, 0.25) is 0 Å². The molecule has 0 saturated carbocycles. The van der Waals surface area contributed by atoms with Gasteiger partial charge in [-0.2, -0.15) is 0 Å². The zero-order valence-electron chi connectivity index (χ0n) is 7.63. The first-order valence-corrected chi connectivity index (χ1v) is 4.64. The van der Waals surface area contributed by atoms with Gasteiger partial charge >= 0.3 is 5.37 Å². The highest BCUT2D eigenvalue weighted by molar-refractivity contribution is 6.63. The van der Waals surface area contributed by atoms with Crippen molar-refractivity contribution < 1.29 is 4.79 Å². The number of aromatic nitrogens is 2. The van der Waals surface area contributed by atoms with Gasteiger partial charge in [0.05, 0.1) is 5.69 Å². The molecule has 5 heteroatoms. The summed E-state index contributed by atoms with van der Waals surface area (Å²) in [4.78, 5) is 22.5. The Labute approximate surface area is 90.3 Å². The maximum absolute atomic E-state index is 11.5. The Morgan fingerprint density at radius 2 is 1.80 bits per heavy atom. The average molecular weight is 223 g/mol. The quantitative estimate of drug-likeness (QED) is 0.691. The Kier molecular flexibility index (Phi) is 2.43. The van der Waals surface area contributed by atoms with E-state index < -0.39 is 5.37 Å². The van der Waals surface area contributed by atoms with E-state index in [1.165, 1.54) is 16.9 Å². The van der Waals surface area contributed by atoms with Crippen molar-refractivity contribution in [2.75, 3.05) is 0 Å². The second-order valence-corrected chi connectivity index (χ2v) is 3.22. The Balaban J connectivity index is 2.67. The molecule has 1 aromatic heterocycles. The Morgan fingerprint density at radius 3 is 2.40 bits per heavy atom. The molecule has 0 bridgehead atoms. The smallest absolute Gasteiger partial charge is 0.267 e. The molecule has 1 aromatic carbocycles. The average Bonchev–Trinajstić information content (AvgIpc) is 2.61. The van der Waals surface area contributed by atoms with Crippen LogP contribution >= 0.6 is 11.6 Å². The van der Waals surface area contributed by atoms with Crippen molar-refractivity contribution in [1.29, 1.82) is 0 Å². The van der Waals surface area contributed by atoms with Gasteiger partial charge in [-0.3, -0.25) is 9.59 Å². The van der Waals surface area contributed by atoms with E-state index in [1.54, 1.807) is 24.3 Å². The lowest BCUT2D eigenvalue weighted by Gasteiger charge is -2.06. The van der Waals surface area contributed by atoms with Gasteiger partial charge in [0.25, 0.3) is 5.56 Å². The number of carbonyl (C=O) groups is 1. The van der Waals surface area contributed by atoms with Crippen molar-refractivity contribution in [1.82, 2.24) is 9.36 Å². The van der Waals surface area contributed by atoms with Crippen LogP contribution in [-0.2, 0) is 0 Å². The zero-order chi connectivity index (χ0) is 10.8. The summed E-state index contributed by atoms with van der Waals surface area (Å²) >= 11 is 5.34. The minimum atomic E-state index is -0.721. The van der Waals surface area contributed by atoms with Crippen LogP contribution in [0.4, 0.5) is 4.79 Å². The summed E-state index contributed by atoms with van der Waals surface area (Å²) in [6.45, 7) is 0. The van der Waals surface area contributed by atoms with E-state index in [9.17, 15) is 9.59 Å². The van der Waals surface area contributed by atoms with E-state index in [0.717, 1.165) is 4.68 Å². The Bertz CT molecular complexity index is 542. The first kappa shape index (κ1) is 9.73. The van der Waals surface area contributed by atoms with Crippen molar-refractivity contribution in [3.63, 3.8) is 0 Å². The topological polar surface area (TPSA) is 44.0 Å². The van der Waals surface area contributed by atoms with Gasteiger partial charge in [-0.25, -0.2) is 9.36 Å². The van der Waals surface area contributed by atoms with E-state index in [-0.39, 0.29) is 5.56 Å². The minimum Gasteiger partial charge on any atom is -0.267 e. The highest BCUT2D eigenvalue weighted by Gasteiger charge is 2.09. The van der Waals surface area contributed by atoms with Crippen LogP contribution in [0.3, 0.4) is 0 Å². The lowest BCUT2D eigenvalue weighted by Crippen LogP contribution is -2.22. The molecule has 0 saturated heterocycles. The van der Waals surface area contributed by atoms with Gasteiger partial charge in [0.1, 0.15) is 0 Å². The number of hydrogen-bond acceptors (Lipinski definition) is 2. The summed E-state index contributed by atoms with van der Waals surface area (Å²) in [7, 11) is 0. The van der Waals surface area contributed by atoms with Crippen molar-refractivity contribution in [3.05, 3.63) is 52.9 Å². The van der Waals surface area contributed by atoms with Crippen LogP contribution in [0.25, 0.3) is 5.69 Å². The van der Waals surface area contributed by atoms with Crippen molar-refractivity contribution in [2.45, 2.75) is 0 Å². The molecule has 1 heterocycles. The molecule has 4 nitrogen and oxygen atoms in total. The second-order valence-electron chi connectivity index (χ2n) is 2.90. The predicted molar refractivity (Wildman–Crippen MR) is 56.7 cm³/mol. The zero-order valence-corrected chi connectivity index (χ0v) is 8.39. The van der Waals surface area contributed by atoms with E-state index in [0.29, 0.717) is 5.69 Å². The van der Waals surface area contributed by atoms with Crippen LogP contribution in [0.15, 0.2) is 47.4 Å². The maximum atomic E-state index is 11.5. The SMILES string of the molecule is O=C(Cl)n1ccc(=O)n1-c1ccccc1. The summed E-state index contributed by atoms with van der Waals surface area (Å²) in [5.74, 6) is 0. The van der Waals surface area contributed by atoms with Crippen LogP contribution in [0.5, 0.6) is 0 Å². The molecule has 15 heavy (non-hydrogen) atoms. The van der Waals surface area contributed by atoms with E-state index in [4.69, 9.17) is 11.6 Å². The summed E-state index contributed by atoms with van der Waals surface area (Å²) in [5.41, 5.74) is 0.303. The van der Waals surface area contributed by atoms with Gasteiger partial charge < -0.3 is 0 Å². The molecule has 0 aliphatic rings. The van der Waals surface area contributed by atoms with E-state index in [2.05, 4.69) is 0 Å². The van der Waals surface area contributed by atoms with Crippen LogP contribution in [0, 0.1) is 0 Å². The molecule has 0 radical (unpaired) electrons. The fraction of sp³-hybridized carbons (Fsp3) is 0. The molecule has 0 aliphatic carbocycles. The highest BCUT2D eigenvalue weighted by atomic mass is 35.5. The third-order valence-corrected chi connectivity index (χ3v) is 2.14. The number of hydrogen-bond donors (Lipinski definition) is 0. The summed E-state index contributed by atoms with van der Waals surface area (Å²) in [5, 5.41) is -0.721. The normalized spacial score (nSPS) is 10.2. The second kappa shape index (κ2) is 3.74. The van der Waals surface area contributed by atoms with Crippen LogP contribution in [0.1, 0.15) is 0 Å². The lowest BCUT2D eigenvalue weighted by molar-refractivity contribution is 0.257. The molecular weight excluding hydrogens is 216 g/mol. The summed E-state index contributed by atoms with van der Waals surface area (Å²) in [6, 6.07) is 10.1. The molecule has 0 aliphatic heterocycles. The van der Waals surface area contributed by atoms with E-state index >= 15 is 0 Å². The standard InChI is InChI=1S/C10H7ClN2O2/c11-10(15)12-7-6-9(14)13(12)8-4-2-1-3-5-8/h1-7H. The number of halogens is 1. The maximum Gasteiger partial charge on any atom is 0.339 e. The molecule has 0 N–H and O–H groups in total. The van der Waals surface area contributed by atoms with Crippen LogP contribution < -0.4 is 5.56 Å². The number of benzene rings is 1. The first-order valence-electron chi connectivity index (χ1n) is 4.26. The van der Waals surface area contributed by atoms with Gasteiger partial charge in [-0.05, 0) is 23.7 Å². The van der Waals surface area contributed by atoms with E-state index in [1.807, 2.05) is 6.07 Å². The molecule has 2 aromatic rings. The number of carbonyl (C=O) groups excluding carboxylic acids is 1. The first-order chi connectivity index (χ1) is 7.20. The molecule has 0 fully saturated rings. The fourth-order valence-corrected chi connectivity index (χ4v) is 1.47. The van der Waals surface area contributed by atoms with Gasteiger partial charge in [-0.15, -0.1) is 0 Å². The molecule has 2 rings (SSSR count). The van der Waals surface area contributed by atoms with Crippen molar-refractivity contribution in [2.24, 2.45) is 0 Å². The third kappa shape index (κ3) is 1.71. The van der Waals surface area contributed by atoms with Crippen molar-refractivity contribution in [3.8, 4) is 5.69 Å². The number of para-hydroxylation sites is 1. The summed E-state index contributed by atoms with van der Waals surface area (Å²) in [6.07, 6.45) is 1.34. The highest BCUT2D eigenvalue weighted by Crippen LogP contribution is 2.05.